The van der Waals surface area contributed by atoms with Crippen molar-refractivity contribution in [3.8, 4) is 0 Å². The predicted octanol–water partition coefficient (Wildman–Crippen LogP) is 2.76. The van der Waals surface area contributed by atoms with Crippen LogP contribution in [0.25, 0.3) is 0 Å². The van der Waals surface area contributed by atoms with E-state index in [2.05, 4.69) is 10.2 Å². The van der Waals surface area contributed by atoms with Gasteiger partial charge in [-0.15, -0.1) is 0 Å². The zero-order valence-electron chi connectivity index (χ0n) is 13.4. The standard InChI is InChI=1S/C17H25N3O2/c1-12(2)10-16(21)19-14-11-13(17(18)22)6-7-15(14)20-8-4-3-5-9-20/h6-7,11-12H,3-5,8-10H2,1-2H3,(H2,18,22)(H,19,21). The molecule has 1 aliphatic heterocycles. The number of piperidine rings is 1. The van der Waals surface area contributed by atoms with Crippen molar-refractivity contribution in [3.63, 3.8) is 0 Å². The summed E-state index contributed by atoms with van der Waals surface area (Å²) in [7, 11) is 0. The lowest BCUT2D eigenvalue weighted by Crippen LogP contribution is -2.30. The Balaban J connectivity index is 2.27. The molecule has 5 nitrogen and oxygen atoms in total. The fourth-order valence-electron chi connectivity index (χ4n) is 2.77. The molecule has 0 saturated carbocycles. The highest BCUT2D eigenvalue weighted by Crippen LogP contribution is 2.30. The first-order chi connectivity index (χ1) is 10.5. The van der Waals surface area contributed by atoms with E-state index in [1.165, 1.54) is 6.42 Å². The Morgan fingerprint density at radius 3 is 2.50 bits per heavy atom. The molecule has 22 heavy (non-hydrogen) atoms. The Morgan fingerprint density at radius 1 is 1.23 bits per heavy atom. The van der Waals surface area contributed by atoms with Gasteiger partial charge in [0.2, 0.25) is 11.8 Å². The Hall–Kier alpha value is -2.04. The Labute approximate surface area is 131 Å². The first-order valence-electron chi connectivity index (χ1n) is 7.96. The molecule has 1 saturated heterocycles. The molecule has 2 rings (SSSR count). The van der Waals surface area contributed by atoms with Gasteiger partial charge in [-0.1, -0.05) is 13.8 Å². The van der Waals surface area contributed by atoms with Gasteiger partial charge in [-0.25, -0.2) is 0 Å². The number of nitrogens with zero attached hydrogens (tertiary/aromatic N) is 1. The molecule has 1 aromatic carbocycles. The summed E-state index contributed by atoms with van der Waals surface area (Å²) in [6.07, 6.45) is 4.00. The average Bonchev–Trinajstić information content (AvgIpc) is 2.47. The fourth-order valence-corrected chi connectivity index (χ4v) is 2.77. The molecule has 0 aromatic heterocycles. The molecule has 0 radical (unpaired) electrons. The van der Waals surface area contributed by atoms with Gasteiger partial charge in [0.15, 0.2) is 0 Å². The van der Waals surface area contributed by atoms with Crippen molar-refractivity contribution in [1.29, 1.82) is 0 Å². The van der Waals surface area contributed by atoms with Crippen LogP contribution < -0.4 is 16.0 Å². The zero-order chi connectivity index (χ0) is 16.1. The van der Waals surface area contributed by atoms with E-state index in [9.17, 15) is 9.59 Å². The van der Waals surface area contributed by atoms with Crippen LogP contribution in [0.2, 0.25) is 0 Å². The van der Waals surface area contributed by atoms with Crippen LogP contribution in [0.1, 0.15) is 49.9 Å². The number of hydrogen-bond donors (Lipinski definition) is 2. The van der Waals surface area contributed by atoms with E-state index in [4.69, 9.17) is 5.73 Å². The molecule has 0 atom stereocenters. The van der Waals surface area contributed by atoms with Crippen LogP contribution >= 0.6 is 0 Å². The van der Waals surface area contributed by atoms with Gasteiger partial charge in [-0.2, -0.15) is 0 Å². The van der Waals surface area contributed by atoms with Gasteiger partial charge < -0.3 is 16.0 Å². The molecule has 1 heterocycles. The first-order valence-corrected chi connectivity index (χ1v) is 7.96. The van der Waals surface area contributed by atoms with Crippen molar-refractivity contribution < 1.29 is 9.59 Å². The van der Waals surface area contributed by atoms with Crippen molar-refractivity contribution >= 4 is 23.2 Å². The lowest BCUT2D eigenvalue weighted by Gasteiger charge is -2.30. The molecule has 1 aliphatic rings. The number of nitrogens with two attached hydrogens (primary N) is 1. The highest BCUT2D eigenvalue weighted by molar-refractivity contribution is 5.99. The van der Waals surface area contributed by atoms with Crippen molar-refractivity contribution in [2.75, 3.05) is 23.3 Å². The molecule has 3 N–H and O–H groups in total. The minimum absolute atomic E-state index is 0.0325. The number of anilines is 2. The molecule has 5 heteroatoms. The quantitative estimate of drug-likeness (QED) is 0.878. The summed E-state index contributed by atoms with van der Waals surface area (Å²) in [5.74, 6) is -0.225. The summed E-state index contributed by atoms with van der Waals surface area (Å²) in [5, 5.41) is 2.95. The highest BCUT2D eigenvalue weighted by Gasteiger charge is 2.17. The second-order valence-corrected chi connectivity index (χ2v) is 6.29. The van der Waals surface area contributed by atoms with E-state index in [1.807, 2.05) is 19.9 Å². The van der Waals surface area contributed by atoms with Gasteiger partial charge in [0.25, 0.3) is 0 Å². The van der Waals surface area contributed by atoms with Crippen LogP contribution in [-0.4, -0.2) is 24.9 Å². The lowest BCUT2D eigenvalue weighted by molar-refractivity contribution is -0.116. The maximum Gasteiger partial charge on any atom is 0.248 e. The summed E-state index contributed by atoms with van der Waals surface area (Å²) in [5.41, 5.74) is 7.43. The maximum absolute atomic E-state index is 12.1. The molecule has 1 aromatic rings. The van der Waals surface area contributed by atoms with Crippen molar-refractivity contribution in [1.82, 2.24) is 0 Å². The van der Waals surface area contributed by atoms with Gasteiger partial charge >= 0.3 is 0 Å². The third-order valence-corrected chi connectivity index (χ3v) is 3.85. The topological polar surface area (TPSA) is 75.4 Å². The summed E-state index contributed by atoms with van der Waals surface area (Å²) in [6.45, 7) is 5.96. The SMILES string of the molecule is CC(C)CC(=O)Nc1cc(C(N)=O)ccc1N1CCCCC1. The zero-order valence-corrected chi connectivity index (χ0v) is 13.4. The van der Waals surface area contributed by atoms with Crippen molar-refractivity contribution in [2.24, 2.45) is 11.7 Å². The number of nitrogens with one attached hydrogen (secondary N) is 1. The second kappa shape index (κ2) is 7.29. The van der Waals surface area contributed by atoms with Crippen LogP contribution in [-0.2, 0) is 4.79 Å². The van der Waals surface area contributed by atoms with E-state index >= 15 is 0 Å². The molecule has 1 fully saturated rings. The molecule has 0 unspecified atom stereocenters. The van der Waals surface area contributed by atoms with Crippen LogP contribution in [0.15, 0.2) is 18.2 Å². The Kier molecular flexibility index (Phi) is 5.41. The van der Waals surface area contributed by atoms with E-state index in [-0.39, 0.29) is 11.8 Å². The summed E-state index contributed by atoms with van der Waals surface area (Å²) in [6, 6.07) is 5.30. The average molecular weight is 303 g/mol. The van der Waals surface area contributed by atoms with Gasteiger partial charge in [0.05, 0.1) is 11.4 Å². The molecule has 120 valence electrons. The lowest BCUT2D eigenvalue weighted by atomic mass is 10.1. The molecule has 0 aliphatic carbocycles. The van der Waals surface area contributed by atoms with Crippen LogP contribution in [0.5, 0.6) is 0 Å². The number of rotatable bonds is 5. The minimum Gasteiger partial charge on any atom is -0.370 e. The van der Waals surface area contributed by atoms with E-state index in [0.29, 0.717) is 17.7 Å². The third-order valence-electron chi connectivity index (χ3n) is 3.85. The number of carbonyl (C=O) groups is 2. The smallest absolute Gasteiger partial charge is 0.248 e. The summed E-state index contributed by atoms with van der Waals surface area (Å²) in [4.78, 5) is 25.8. The minimum atomic E-state index is -0.482. The normalized spacial score (nSPS) is 15.0. The van der Waals surface area contributed by atoms with Gasteiger partial charge in [0.1, 0.15) is 0 Å². The highest BCUT2D eigenvalue weighted by atomic mass is 16.2. The van der Waals surface area contributed by atoms with Crippen molar-refractivity contribution in [2.45, 2.75) is 39.5 Å². The number of amides is 2. The first kappa shape index (κ1) is 16.3. The molecule has 0 bridgehead atoms. The Morgan fingerprint density at radius 2 is 1.91 bits per heavy atom. The van der Waals surface area contributed by atoms with Crippen LogP contribution in [0, 0.1) is 5.92 Å². The third kappa shape index (κ3) is 4.23. The predicted molar refractivity (Wildman–Crippen MR) is 89.1 cm³/mol. The largest absolute Gasteiger partial charge is 0.370 e. The van der Waals surface area contributed by atoms with Gasteiger partial charge in [-0.05, 0) is 43.4 Å². The molecule has 0 spiro atoms. The fraction of sp³-hybridized carbons (Fsp3) is 0.529. The van der Waals surface area contributed by atoms with E-state index < -0.39 is 5.91 Å². The van der Waals surface area contributed by atoms with Crippen LogP contribution in [0.4, 0.5) is 11.4 Å². The monoisotopic (exact) mass is 303 g/mol. The number of primary amides is 1. The van der Waals surface area contributed by atoms with Gasteiger partial charge in [0, 0.05) is 25.1 Å². The molecular formula is C17H25N3O2. The summed E-state index contributed by atoms with van der Waals surface area (Å²) >= 11 is 0. The number of benzene rings is 1. The Bertz CT molecular complexity index is 549. The van der Waals surface area contributed by atoms with Crippen molar-refractivity contribution in [3.05, 3.63) is 23.8 Å². The molecule has 2 amide bonds. The summed E-state index contributed by atoms with van der Waals surface area (Å²) < 4.78 is 0. The van der Waals surface area contributed by atoms with Crippen LogP contribution in [0.3, 0.4) is 0 Å². The van der Waals surface area contributed by atoms with Gasteiger partial charge in [-0.3, -0.25) is 9.59 Å². The molecular weight excluding hydrogens is 278 g/mol. The number of carbonyl (C=O) groups excluding carboxylic acids is 2. The number of hydrogen-bond acceptors (Lipinski definition) is 3. The van der Waals surface area contributed by atoms with E-state index in [0.717, 1.165) is 31.6 Å². The maximum atomic E-state index is 12.1. The second-order valence-electron chi connectivity index (χ2n) is 6.29. The van der Waals surface area contributed by atoms with E-state index in [1.54, 1.807) is 12.1 Å².